The van der Waals surface area contributed by atoms with E-state index in [1.165, 1.54) is 4.90 Å². The largest absolute Gasteiger partial charge is 0.367 e. The molecule has 0 N–H and O–H groups in total. The van der Waals surface area contributed by atoms with Crippen molar-refractivity contribution in [3.8, 4) is 11.3 Å². The highest BCUT2D eigenvalue weighted by Crippen LogP contribution is 2.60. The lowest BCUT2D eigenvalue weighted by atomic mass is 9.69. The first-order valence-electron chi connectivity index (χ1n) is 9.11. The normalized spacial score (nSPS) is 34.6. The fourth-order valence-electron chi connectivity index (χ4n) is 5.15. The zero-order valence-electron chi connectivity index (χ0n) is 15.4. The van der Waals surface area contributed by atoms with Gasteiger partial charge in [0.15, 0.2) is 0 Å². The van der Waals surface area contributed by atoms with Crippen molar-refractivity contribution in [2.75, 3.05) is 4.90 Å². The Hall–Kier alpha value is -1.99. The first-order valence-corrected chi connectivity index (χ1v) is 9.90. The molecule has 1 aromatic heterocycles. The number of benzene rings is 1. The van der Waals surface area contributed by atoms with Gasteiger partial charge < -0.3 is 4.74 Å². The van der Waals surface area contributed by atoms with Crippen LogP contribution in [0.5, 0.6) is 0 Å². The molecule has 0 unspecified atom stereocenters. The van der Waals surface area contributed by atoms with Crippen LogP contribution in [0.3, 0.4) is 0 Å². The van der Waals surface area contributed by atoms with Gasteiger partial charge in [-0.15, -0.1) is 0 Å². The summed E-state index contributed by atoms with van der Waals surface area (Å²) in [5.41, 5.74) is 1.31. The Bertz CT molecular complexity index is 951. The number of ether oxygens (including phenoxy) is 1. The van der Waals surface area contributed by atoms with Crippen molar-refractivity contribution in [2.45, 2.75) is 37.9 Å². The number of imide groups is 1. The average Bonchev–Trinajstić information content (AvgIpc) is 3.27. The number of nitrogens with zero attached hydrogens (tertiary/aromatic N) is 3. The van der Waals surface area contributed by atoms with Crippen molar-refractivity contribution in [1.29, 1.82) is 0 Å². The van der Waals surface area contributed by atoms with Gasteiger partial charge in [-0.1, -0.05) is 12.1 Å². The quantitative estimate of drug-likeness (QED) is 0.686. The van der Waals surface area contributed by atoms with Crippen LogP contribution in [0.15, 0.2) is 34.9 Å². The molecule has 5 rings (SSSR count). The Balaban J connectivity index is 1.50. The summed E-state index contributed by atoms with van der Waals surface area (Å²) in [6.45, 7) is 3.94. The van der Waals surface area contributed by atoms with Crippen LogP contribution < -0.4 is 4.90 Å². The molecule has 140 valence electrons. The van der Waals surface area contributed by atoms with E-state index in [1.807, 2.05) is 51.4 Å². The van der Waals surface area contributed by atoms with Gasteiger partial charge in [0.05, 0.1) is 33.2 Å². The van der Waals surface area contributed by atoms with Crippen molar-refractivity contribution in [2.24, 2.45) is 18.9 Å². The Morgan fingerprint density at radius 1 is 1.07 bits per heavy atom. The maximum absolute atomic E-state index is 13.1. The van der Waals surface area contributed by atoms with E-state index >= 15 is 0 Å². The predicted molar refractivity (Wildman–Crippen MR) is 103 cm³/mol. The number of aryl methyl sites for hydroxylation is 1. The van der Waals surface area contributed by atoms with Crippen molar-refractivity contribution >= 4 is 33.4 Å². The number of carbonyl (C=O) groups is 2. The molecule has 2 bridgehead atoms. The van der Waals surface area contributed by atoms with E-state index in [1.54, 1.807) is 4.68 Å². The molecule has 27 heavy (non-hydrogen) atoms. The van der Waals surface area contributed by atoms with Gasteiger partial charge in [0.1, 0.15) is 5.69 Å². The van der Waals surface area contributed by atoms with Crippen molar-refractivity contribution in [3.05, 3.63) is 34.9 Å². The Labute approximate surface area is 165 Å². The standard InChI is InChI=1S/C20H20BrN3O3/c1-19-8-9-20(2,27-19)15-14(19)17(25)24(18(15)26)12-6-4-11(5-7-12)16-13(21)10-23(3)22-16/h4-7,10,14-15H,8-9H2,1-3H3/t14-,15+,19-,20+. The second-order valence-electron chi connectivity index (χ2n) is 8.24. The molecule has 0 aliphatic carbocycles. The van der Waals surface area contributed by atoms with Crippen LogP contribution in [0, 0.1) is 11.8 Å². The number of halogens is 1. The van der Waals surface area contributed by atoms with E-state index in [4.69, 9.17) is 4.74 Å². The molecule has 2 aromatic rings. The van der Waals surface area contributed by atoms with Crippen LogP contribution in [0.1, 0.15) is 26.7 Å². The Morgan fingerprint density at radius 3 is 2.11 bits per heavy atom. The number of hydrogen-bond donors (Lipinski definition) is 0. The van der Waals surface area contributed by atoms with E-state index in [0.29, 0.717) is 5.69 Å². The molecule has 0 spiro atoms. The van der Waals surface area contributed by atoms with E-state index in [2.05, 4.69) is 21.0 Å². The summed E-state index contributed by atoms with van der Waals surface area (Å²) in [5.74, 6) is -1.04. The third kappa shape index (κ3) is 2.18. The van der Waals surface area contributed by atoms with Crippen LogP contribution in [0.25, 0.3) is 11.3 Å². The van der Waals surface area contributed by atoms with Gasteiger partial charge in [-0.2, -0.15) is 5.10 Å². The second kappa shape index (κ2) is 5.29. The number of amides is 2. The van der Waals surface area contributed by atoms with Crippen LogP contribution in [0.4, 0.5) is 5.69 Å². The van der Waals surface area contributed by atoms with E-state index in [0.717, 1.165) is 28.6 Å². The van der Waals surface area contributed by atoms with Gasteiger partial charge >= 0.3 is 0 Å². The van der Waals surface area contributed by atoms with Crippen molar-refractivity contribution in [3.63, 3.8) is 0 Å². The molecule has 3 fully saturated rings. The molecule has 4 heterocycles. The number of rotatable bonds is 2. The van der Waals surface area contributed by atoms with Gasteiger partial charge in [-0.25, -0.2) is 4.90 Å². The zero-order valence-corrected chi connectivity index (χ0v) is 17.0. The monoisotopic (exact) mass is 429 g/mol. The molecule has 6 nitrogen and oxygen atoms in total. The smallest absolute Gasteiger partial charge is 0.240 e. The fraction of sp³-hybridized carbons (Fsp3) is 0.450. The van der Waals surface area contributed by atoms with E-state index < -0.39 is 11.2 Å². The summed E-state index contributed by atoms with van der Waals surface area (Å²) in [4.78, 5) is 27.7. The van der Waals surface area contributed by atoms with Gasteiger partial charge in [-0.05, 0) is 54.8 Å². The predicted octanol–water partition coefficient (Wildman–Crippen LogP) is 3.30. The van der Waals surface area contributed by atoms with Crippen LogP contribution in [-0.2, 0) is 21.4 Å². The number of anilines is 1. The first kappa shape index (κ1) is 17.1. The maximum atomic E-state index is 13.1. The molecule has 7 heteroatoms. The van der Waals surface area contributed by atoms with Gasteiger partial charge in [0.2, 0.25) is 11.8 Å². The minimum absolute atomic E-state index is 0.136. The molecular weight excluding hydrogens is 410 g/mol. The summed E-state index contributed by atoms with van der Waals surface area (Å²) in [5, 5.41) is 4.44. The lowest BCUT2D eigenvalue weighted by Crippen LogP contribution is -2.40. The molecule has 2 amide bonds. The summed E-state index contributed by atoms with van der Waals surface area (Å²) >= 11 is 3.51. The summed E-state index contributed by atoms with van der Waals surface area (Å²) in [7, 11) is 1.86. The first-order chi connectivity index (χ1) is 12.7. The number of carbonyl (C=O) groups excluding carboxylic acids is 2. The third-order valence-electron chi connectivity index (χ3n) is 6.39. The number of aromatic nitrogens is 2. The molecule has 0 saturated carbocycles. The van der Waals surface area contributed by atoms with Crippen molar-refractivity contribution < 1.29 is 14.3 Å². The summed E-state index contributed by atoms with van der Waals surface area (Å²) in [6.07, 6.45) is 3.53. The molecule has 0 radical (unpaired) electrons. The van der Waals surface area contributed by atoms with Gasteiger partial charge in [0, 0.05) is 18.8 Å². The van der Waals surface area contributed by atoms with Crippen LogP contribution in [0.2, 0.25) is 0 Å². The summed E-state index contributed by atoms with van der Waals surface area (Å²) in [6, 6.07) is 7.43. The highest BCUT2D eigenvalue weighted by molar-refractivity contribution is 9.10. The minimum atomic E-state index is -0.528. The second-order valence-corrected chi connectivity index (χ2v) is 9.10. The molecule has 3 aliphatic rings. The van der Waals surface area contributed by atoms with E-state index in [9.17, 15) is 9.59 Å². The fourth-order valence-corrected chi connectivity index (χ4v) is 5.75. The molecular formula is C20H20BrN3O3. The highest BCUT2D eigenvalue weighted by atomic mass is 79.9. The SMILES string of the molecule is Cn1cc(Br)c(-c2ccc(N3C(=O)[C@@H]4[C@H](C3=O)[C@@]3(C)CC[C@]4(C)O3)cc2)n1. The van der Waals surface area contributed by atoms with Crippen molar-refractivity contribution in [1.82, 2.24) is 9.78 Å². The van der Waals surface area contributed by atoms with Crippen LogP contribution in [-0.4, -0.2) is 32.8 Å². The molecule has 3 aliphatic heterocycles. The van der Waals surface area contributed by atoms with E-state index in [-0.39, 0.29) is 23.7 Å². The minimum Gasteiger partial charge on any atom is -0.367 e. The topological polar surface area (TPSA) is 64.4 Å². The Morgan fingerprint density at radius 2 is 1.63 bits per heavy atom. The molecule has 1 aromatic carbocycles. The van der Waals surface area contributed by atoms with Gasteiger partial charge in [-0.3, -0.25) is 14.3 Å². The lowest BCUT2D eigenvalue weighted by Gasteiger charge is -2.27. The summed E-state index contributed by atoms with van der Waals surface area (Å²) < 4.78 is 8.78. The zero-order chi connectivity index (χ0) is 19.1. The number of fused-ring (bicyclic) bond motifs is 5. The maximum Gasteiger partial charge on any atom is 0.240 e. The molecule has 4 atom stereocenters. The molecule has 3 saturated heterocycles. The van der Waals surface area contributed by atoms with Crippen LogP contribution >= 0.6 is 15.9 Å². The third-order valence-corrected chi connectivity index (χ3v) is 6.97. The van der Waals surface area contributed by atoms with Gasteiger partial charge in [0.25, 0.3) is 0 Å². The highest BCUT2D eigenvalue weighted by Gasteiger charge is 2.72. The lowest BCUT2D eigenvalue weighted by molar-refractivity contribution is -0.129. The average molecular weight is 430 g/mol. The number of hydrogen-bond acceptors (Lipinski definition) is 4. The Kier molecular flexibility index (Phi) is 3.36.